The van der Waals surface area contributed by atoms with Gasteiger partial charge >= 0.3 is 0 Å². The summed E-state index contributed by atoms with van der Waals surface area (Å²) in [5.41, 5.74) is 1.41. The maximum atomic E-state index is 8.65. The number of rotatable bonds is 7. The Kier molecular flexibility index (Phi) is 6.50. The first-order valence-corrected chi connectivity index (χ1v) is 7.58. The predicted molar refractivity (Wildman–Crippen MR) is 80.5 cm³/mol. The van der Waals surface area contributed by atoms with E-state index in [0.29, 0.717) is 0 Å². The van der Waals surface area contributed by atoms with Crippen LogP contribution in [-0.2, 0) is 5.41 Å². The molecule has 18 heavy (non-hydrogen) atoms. The first-order chi connectivity index (χ1) is 8.54. The Hall–Kier alpha value is -0.740. The highest BCUT2D eigenvalue weighted by atomic mass is 32.2. The molecule has 1 aromatic rings. The summed E-state index contributed by atoms with van der Waals surface area (Å²) in [6.07, 6.45) is 2.82. The summed E-state index contributed by atoms with van der Waals surface area (Å²) in [6.45, 7) is 7.77. The molecule has 0 unspecified atom stereocenters. The van der Waals surface area contributed by atoms with Gasteiger partial charge in [-0.1, -0.05) is 26.8 Å². The van der Waals surface area contributed by atoms with Crippen LogP contribution in [0.4, 0.5) is 5.82 Å². The Bertz CT molecular complexity index is 333. The average molecular weight is 268 g/mol. The minimum Gasteiger partial charge on any atom is -0.396 e. The zero-order chi connectivity index (χ0) is 13.4. The summed E-state index contributed by atoms with van der Waals surface area (Å²) in [4.78, 5) is 4.42. The number of nitrogens with one attached hydrogen (secondary N) is 1. The van der Waals surface area contributed by atoms with Gasteiger partial charge in [0.25, 0.3) is 0 Å². The van der Waals surface area contributed by atoms with Crippen LogP contribution in [0.25, 0.3) is 0 Å². The van der Waals surface area contributed by atoms with Crippen molar-refractivity contribution in [1.29, 1.82) is 0 Å². The Morgan fingerprint density at radius 3 is 2.61 bits per heavy atom. The molecule has 1 heterocycles. The van der Waals surface area contributed by atoms with Crippen molar-refractivity contribution >= 4 is 17.6 Å². The highest BCUT2D eigenvalue weighted by Crippen LogP contribution is 2.21. The van der Waals surface area contributed by atoms with E-state index in [2.05, 4.69) is 37.1 Å². The van der Waals surface area contributed by atoms with Crippen LogP contribution in [0.15, 0.2) is 18.3 Å². The molecule has 3 nitrogen and oxygen atoms in total. The SMILES string of the molecule is CC(C)(C)c1ccc(NCCSCCCO)nc1. The van der Waals surface area contributed by atoms with E-state index in [4.69, 9.17) is 5.11 Å². The molecule has 4 heteroatoms. The number of hydrogen-bond acceptors (Lipinski definition) is 4. The van der Waals surface area contributed by atoms with Gasteiger partial charge in [-0.3, -0.25) is 0 Å². The van der Waals surface area contributed by atoms with Crippen molar-refractivity contribution in [1.82, 2.24) is 4.98 Å². The third-order valence-corrected chi connectivity index (χ3v) is 3.70. The zero-order valence-electron chi connectivity index (χ0n) is 11.6. The summed E-state index contributed by atoms with van der Waals surface area (Å²) >= 11 is 1.85. The molecule has 0 aliphatic heterocycles. The van der Waals surface area contributed by atoms with Crippen LogP contribution < -0.4 is 5.32 Å². The van der Waals surface area contributed by atoms with Crippen LogP contribution in [0.5, 0.6) is 0 Å². The lowest BCUT2D eigenvalue weighted by Gasteiger charge is -2.18. The van der Waals surface area contributed by atoms with Gasteiger partial charge in [0.1, 0.15) is 5.82 Å². The van der Waals surface area contributed by atoms with Crippen molar-refractivity contribution in [2.24, 2.45) is 0 Å². The molecule has 1 rings (SSSR count). The van der Waals surface area contributed by atoms with E-state index in [9.17, 15) is 0 Å². The second-order valence-corrected chi connectivity index (χ2v) is 6.52. The minimum absolute atomic E-state index is 0.158. The Balaban J connectivity index is 2.27. The maximum absolute atomic E-state index is 8.65. The van der Waals surface area contributed by atoms with Gasteiger partial charge in [-0.2, -0.15) is 11.8 Å². The Morgan fingerprint density at radius 2 is 2.06 bits per heavy atom. The molecular formula is C14H24N2OS. The lowest BCUT2D eigenvalue weighted by Crippen LogP contribution is -2.12. The second kappa shape index (κ2) is 7.64. The van der Waals surface area contributed by atoms with Gasteiger partial charge in [0.05, 0.1) is 0 Å². The normalized spacial score (nSPS) is 11.6. The van der Waals surface area contributed by atoms with Gasteiger partial charge in [0.2, 0.25) is 0 Å². The van der Waals surface area contributed by atoms with E-state index in [0.717, 1.165) is 30.3 Å². The van der Waals surface area contributed by atoms with Crippen molar-refractivity contribution in [2.45, 2.75) is 32.6 Å². The maximum Gasteiger partial charge on any atom is 0.125 e. The van der Waals surface area contributed by atoms with Crippen molar-refractivity contribution in [3.63, 3.8) is 0 Å². The van der Waals surface area contributed by atoms with Crippen molar-refractivity contribution in [2.75, 3.05) is 30.0 Å². The number of aromatic nitrogens is 1. The molecule has 0 saturated heterocycles. The molecule has 0 fully saturated rings. The standard InChI is InChI=1S/C14H24N2OS/c1-14(2,3)12-5-6-13(16-11-12)15-7-10-18-9-4-8-17/h5-6,11,17H,4,7-10H2,1-3H3,(H,15,16). The molecule has 0 aromatic carbocycles. The molecule has 0 bridgehead atoms. The van der Waals surface area contributed by atoms with Gasteiger partial charge in [0, 0.05) is 25.1 Å². The van der Waals surface area contributed by atoms with Crippen LogP contribution in [-0.4, -0.2) is 34.7 Å². The quantitative estimate of drug-likeness (QED) is 0.746. The van der Waals surface area contributed by atoms with Gasteiger partial charge in [-0.05, 0) is 29.2 Å². The molecule has 0 aliphatic rings. The fourth-order valence-electron chi connectivity index (χ4n) is 1.46. The molecular weight excluding hydrogens is 244 g/mol. The highest BCUT2D eigenvalue weighted by Gasteiger charge is 2.13. The number of pyridine rings is 1. The summed E-state index contributed by atoms with van der Waals surface area (Å²) in [5, 5.41) is 12.0. The summed E-state index contributed by atoms with van der Waals surface area (Å²) < 4.78 is 0. The first kappa shape index (κ1) is 15.3. The van der Waals surface area contributed by atoms with Crippen LogP contribution in [0.3, 0.4) is 0 Å². The number of aliphatic hydroxyl groups excluding tert-OH is 1. The van der Waals surface area contributed by atoms with Crippen LogP contribution in [0, 0.1) is 0 Å². The molecule has 0 atom stereocenters. The number of nitrogens with zero attached hydrogens (tertiary/aromatic N) is 1. The smallest absolute Gasteiger partial charge is 0.125 e. The third kappa shape index (κ3) is 5.74. The number of thioether (sulfide) groups is 1. The second-order valence-electron chi connectivity index (χ2n) is 5.30. The van der Waals surface area contributed by atoms with Crippen molar-refractivity contribution in [3.05, 3.63) is 23.9 Å². The molecule has 1 aromatic heterocycles. The summed E-state index contributed by atoms with van der Waals surface area (Å²) in [7, 11) is 0. The zero-order valence-corrected chi connectivity index (χ0v) is 12.4. The van der Waals surface area contributed by atoms with Gasteiger partial charge in [-0.15, -0.1) is 0 Å². The van der Waals surface area contributed by atoms with Crippen LogP contribution >= 0.6 is 11.8 Å². The lowest BCUT2D eigenvalue weighted by atomic mass is 9.88. The van der Waals surface area contributed by atoms with Crippen molar-refractivity contribution < 1.29 is 5.11 Å². The lowest BCUT2D eigenvalue weighted by molar-refractivity contribution is 0.296. The summed E-state index contributed by atoms with van der Waals surface area (Å²) in [5.74, 6) is 3.00. The Labute approximate surface area is 114 Å². The molecule has 102 valence electrons. The number of hydrogen-bond donors (Lipinski definition) is 2. The molecule has 0 amide bonds. The molecule has 0 aliphatic carbocycles. The highest BCUT2D eigenvalue weighted by molar-refractivity contribution is 7.99. The Morgan fingerprint density at radius 1 is 1.28 bits per heavy atom. The fourth-order valence-corrected chi connectivity index (χ4v) is 2.25. The molecule has 0 saturated carbocycles. The van der Waals surface area contributed by atoms with Gasteiger partial charge in [-0.25, -0.2) is 4.98 Å². The number of aliphatic hydroxyl groups is 1. The van der Waals surface area contributed by atoms with Crippen molar-refractivity contribution in [3.8, 4) is 0 Å². The first-order valence-electron chi connectivity index (χ1n) is 6.43. The topological polar surface area (TPSA) is 45.1 Å². The minimum atomic E-state index is 0.158. The van der Waals surface area contributed by atoms with Crippen LogP contribution in [0.1, 0.15) is 32.8 Å². The number of anilines is 1. The van der Waals surface area contributed by atoms with E-state index in [1.807, 2.05) is 24.0 Å². The van der Waals surface area contributed by atoms with E-state index in [-0.39, 0.29) is 12.0 Å². The van der Waals surface area contributed by atoms with E-state index >= 15 is 0 Å². The molecule has 0 spiro atoms. The van der Waals surface area contributed by atoms with E-state index < -0.39 is 0 Å². The fraction of sp³-hybridized carbons (Fsp3) is 0.643. The third-order valence-electron chi connectivity index (χ3n) is 2.63. The molecule has 0 radical (unpaired) electrons. The largest absolute Gasteiger partial charge is 0.396 e. The predicted octanol–water partition coefficient (Wildman–Crippen LogP) is 2.91. The van der Waals surface area contributed by atoms with E-state index in [1.165, 1.54) is 5.56 Å². The van der Waals surface area contributed by atoms with Gasteiger partial charge in [0.15, 0.2) is 0 Å². The molecule has 2 N–H and O–H groups in total. The monoisotopic (exact) mass is 268 g/mol. The van der Waals surface area contributed by atoms with Crippen LogP contribution in [0.2, 0.25) is 0 Å². The average Bonchev–Trinajstić information content (AvgIpc) is 2.33. The van der Waals surface area contributed by atoms with Gasteiger partial charge < -0.3 is 10.4 Å². The van der Waals surface area contributed by atoms with E-state index in [1.54, 1.807) is 0 Å². The summed E-state index contributed by atoms with van der Waals surface area (Å²) in [6, 6.07) is 4.17.